The molecule has 1 aromatic rings. The number of halogens is 1. The normalized spacial score (nSPS) is 10.6. The van der Waals surface area contributed by atoms with E-state index in [0.29, 0.717) is 30.5 Å². The number of amides is 1. The molecule has 0 aliphatic carbocycles. The Labute approximate surface area is 134 Å². The smallest absolute Gasteiger partial charge is 0.233 e. The van der Waals surface area contributed by atoms with E-state index in [1.165, 1.54) is 0 Å². The molecule has 0 aromatic heterocycles. The number of ether oxygens (including phenoxy) is 2. The third-order valence-corrected chi connectivity index (χ3v) is 3.60. The van der Waals surface area contributed by atoms with Crippen molar-refractivity contribution in [2.45, 2.75) is 20.4 Å². The summed E-state index contributed by atoms with van der Waals surface area (Å²) >= 11 is 3.49. The average molecular weight is 359 g/mol. The maximum atomic E-state index is 11.6. The zero-order valence-electron chi connectivity index (χ0n) is 13.0. The van der Waals surface area contributed by atoms with Crippen LogP contribution in [0.5, 0.6) is 11.5 Å². The van der Waals surface area contributed by atoms with Gasteiger partial charge in [0.25, 0.3) is 0 Å². The van der Waals surface area contributed by atoms with E-state index in [2.05, 4.69) is 40.4 Å². The molecule has 0 saturated heterocycles. The summed E-state index contributed by atoms with van der Waals surface area (Å²) in [6.45, 7) is 5.67. The van der Waals surface area contributed by atoms with Crippen LogP contribution in [0.25, 0.3) is 0 Å². The third kappa shape index (κ3) is 5.93. The van der Waals surface area contributed by atoms with Crippen LogP contribution < -0.4 is 20.1 Å². The second-order valence-corrected chi connectivity index (χ2v) is 5.95. The Morgan fingerprint density at radius 3 is 2.43 bits per heavy atom. The van der Waals surface area contributed by atoms with E-state index in [1.54, 1.807) is 14.2 Å². The van der Waals surface area contributed by atoms with Crippen molar-refractivity contribution in [2.24, 2.45) is 5.92 Å². The van der Waals surface area contributed by atoms with Gasteiger partial charge >= 0.3 is 0 Å². The van der Waals surface area contributed by atoms with Crippen molar-refractivity contribution < 1.29 is 14.3 Å². The number of benzene rings is 1. The fraction of sp³-hybridized carbons (Fsp3) is 0.533. The number of rotatable bonds is 8. The first-order valence-electron chi connectivity index (χ1n) is 6.85. The molecule has 5 nitrogen and oxygen atoms in total. The Morgan fingerprint density at radius 1 is 1.24 bits per heavy atom. The Kier molecular flexibility index (Phi) is 7.53. The van der Waals surface area contributed by atoms with Gasteiger partial charge in [0, 0.05) is 17.6 Å². The quantitative estimate of drug-likeness (QED) is 0.748. The summed E-state index contributed by atoms with van der Waals surface area (Å²) in [5.41, 5.74) is 1.00. The zero-order valence-corrected chi connectivity index (χ0v) is 14.5. The van der Waals surface area contributed by atoms with Crippen molar-refractivity contribution >= 4 is 21.8 Å². The first-order valence-corrected chi connectivity index (χ1v) is 7.65. The summed E-state index contributed by atoms with van der Waals surface area (Å²) < 4.78 is 11.4. The molecule has 0 atom stereocenters. The fourth-order valence-electron chi connectivity index (χ4n) is 1.72. The van der Waals surface area contributed by atoms with Crippen molar-refractivity contribution in [1.82, 2.24) is 10.6 Å². The van der Waals surface area contributed by atoms with Crippen molar-refractivity contribution in [3.8, 4) is 11.5 Å². The summed E-state index contributed by atoms with van der Waals surface area (Å²) in [6.07, 6.45) is 0. The van der Waals surface area contributed by atoms with E-state index in [9.17, 15) is 4.79 Å². The maximum Gasteiger partial charge on any atom is 0.233 e. The molecule has 0 heterocycles. The van der Waals surface area contributed by atoms with Gasteiger partial charge in [-0.05, 0) is 23.6 Å². The van der Waals surface area contributed by atoms with Gasteiger partial charge in [-0.1, -0.05) is 29.8 Å². The Balaban J connectivity index is 2.54. The Bertz CT molecular complexity index is 478. The molecule has 0 fully saturated rings. The van der Waals surface area contributed by atoms with Crippen molar-refractivity contribution in [2.75, 3.05) is 27.3 Å². The van der Waals surface area contributed by atoms with Gasteiger partial charge in [-0.25, -0.2) is 0 Å². The maximum absolute atomic E-state index is 11.6. The molecule has 0 unspecified atom stereocenters. The van der Waals surface area contributed by atoms with Gasteiger partial charge in [-0.2, -0.15) is 0 Å². The van der Waals surface area contributed by atoms with Gasteiger partial charge < -0.3 is 20.1 Å². The summed E-state index contributed by atoms with van der Waals surface area (Å²) in [6, 6.07) is 3.75. The lowest BCUT2D eigenvalue weighted by molar-refractivity contribution is -0.120. The van der Waals surface area contributed by atoms with Gasteiger partial charge in [-0.3, -0.25) is 4.79 Å². The second kappa shape index (κ2) is 8.89. The van der Waals surface area contributed by atoms with Crippen LogP contribution in [-0.2, 0) is 11.3 Å². The minimum Gasteiger partial charge on any atom is -0.493 e. The van der Waals surface area contributed by atoms with Crippen LogP contribution >= 0.6 is 15.9 Å². The van der Waals surface area contributed by atoms with E-state index < -0.39 is 0 Å². The minimum atomic E-state index is 0.000277. The lowest BCUT2D eigenvalue weighted by Crippen LogP contribution is -2.35. The highest BCUT2D eigenvalue weighted by molar-refractivity contribution is 9.10. The number of nitrogens with one attached hydrogen (secondary N) is 2. The summed E-state index contributed by atoms with van der Waals surface area (Å²) in [7, 11) is 3.20. The molecule has 118 valence electrons. The van der Waals surface area contributed by atoms with Gasteiger partial charge in [0.2, 0.25) is 5.91 Å². The lowest BCUT2D eigenvalue weighted by atomic mass is 10.2. The Hall–Kier alpha value is -1.27. The monoisotopic (exact) mass is 358 g/mol. The fourth-order valence-corrected chi connectivity index (χ4v) is 2.19. The van der Waals surface area contributed by atoms with Crippen LogP contribution in [0, 0.1) is 5.92 Å². The third-order valence-electron chi connectivity index (χ3n) is 2.86. The minimum absolute atomic E-state index is 0.000277. The summed E-state index contributed by atoms with van der Waals surface area (Å²) in [5, 5.41) is 5.98. The van der Waals surface area contributed by atoms with Gasteiger partial charge in [-0.15, -0.1) is 0 Å². The first kappa shape index (κ1) is 17.8. The molecule has 0 bridgehead atoms. The van der Waals surface area contributed by atoms with Crippen LogP contribution in [0.1, 0.15) is 19.4 Å². The highest BCUT2D eigenvalue weighted by atomic mass is 79.9. The van der Waals surface area contributed by atoms with E-state index in [4.69, 9.17) is 9.47 Å². The molecule has 21 heavy (non-hydrogen) atoms. The number of hydrogen-bond donors (Lipinski definition) is 2. The lowest BCUT2D eigenvalue weighted by Gasteiger charge is -2.13. The standard InChI is InChI=1S/C15H23BrN2O3/c1-10(2)7-18-15(19)9-17-8-11-5-13(20-3)14(21-4)6-12(11)16/h5-6,10,17H,7-9H2,1-4H3,(H,18,19). The van der Waals surface area contributed by atoms with E-state index in [1.807, 2.05) is 12.1 Å². The summed E-state index contributed by atoms with van der Waals surface area (Å²) in [5.74, 6) is 1.79. The van der Waals surface area contributed by atoms with Crippen molar-refractivity contribution in [1.29, 1.82) is 0 Å². The first-order chi connectivity index (χ1) is 9.97. The zero-order chi connectivity index (χ0) is 15.8. The van der Waals surface area contributed by atoms with Gasteiger partial charge in [0.15, 0.2) is 11.5 Å². The highest BCUT2D eigenvalue weighted by Crippen LogP contribution is 2.33. The summed E-state index contributed by atoms with van der Waals surface area (Å²) in [4.78, 5) is 11.6. The molecule has 0 aliphatic heterocycles. The number of hydrogen-bond acceptors (Lipinski definition) is 4. The molecule has 1 rings (SSSR count). The van der Waals surface area contributed by atoms with Crippen LogP contribution in [0.2, 0.25) is 0 Å². The Morgan fingerprint density at radius 2 is 1.86 bits per heavy atom. The molecule has 0 saturated carbocycles. The van der Waals surface area contributed by atoms with E-state index >= 15 is 0 Å². The average Bonchev–Trinajstić information content (AvgIpc) is 2.46. The number of methoxy groups -OCH3 is 2. The molecule has 2 N–H and O–H groups in total. The van der Waals surface area contributed by atoms with Crippen molar-refractivity contribution in [3.63, 3.8) is 0 Å². The molecule has 0 radical (unpaired) electrons. The number of carbonyl (C=O) groups excluding carboxylic acids is 1. The van der Waals surface area contributed by atoms with Crippen molar-refractivity contribution in [3.05, 3.63) is 22.2 Å². The predicted molar refractivity (Wildman–Crippen MR) is 86.8 cm³/mol. The molecule has 1 amide bonds. The number of carbonyl (C=O) groups is 1. The predicted octanol–water partition coefficient (Wildman–Crippen LogP) is 2.33. The SMILES string of the molecule is COc1cc(Br)c(CNCC(=O)NCC(C)C)cc1OC. The molecule has 0 spiro atoms. The van der Waals surface area contributed by atoms with Gasteiger partial charge in [0.1, 0.15) is 0 Å². The highest BCUT2D eigenvalue weighted by Gasteiger charge is 2.10. The molecule has 0 aliphatic rings. The molecule has 6 heteroatoms. The van der Waals surface area contributed by atoms with Crippen LogP contribution in [0.15, 0.2) is 16.6 Å². The molecular weight excluding hydrogens is 336 g/mol. The van der Waals surface area contributed by atoms with E-state index in [-0.39, 0.29) is 12.5 Å². The van der Waals surface area contributed by atoms with Crippen LogP contribution in [-0.4, -0.2) is 33.2 Å². The van der Waals surface area contributed by atoms with Crippen LogP contribution in [0.4, 0.5) is 0 Å². The van der Waals surface area contributed by atoms with E-state index in [0.717, 1.165) is 10.0 Å². The second-order valence-electron chi connectivity index (χ2n) is 5.10. The molecular formula is C15H23BrN2O3. The molecule has 1 aromatic carbocycles. The van der Waals surface area contributed by atoms with Crippen LogP contribution in [0.3, 0.4) is 0 Å². The topological polar surface area (TPSA) is 59.6 Å². The largest absolute Gasteiger partial charge is 0.493 e. The van der Waals surface area contributed by atoms with Gasteiger partial charge in [0.05, 0.1) is 20.8 Å².